The van der Waals surface area contributed by atoms with Crippen molar-refractivity contribution in [1.82, 2.24) is 9.88 Å². The van der Waals surface area contributed by atoms with Crippen molar-refractivity contribution in [1.29, 1.82) is 0 Å². The summed E-state index contributed by atoms with van der Waals surface area (Å²) in [7, 11) is 4.01. The molecule has 0 aliphatic carbocycles. The molecule has 4 nitrogen and oxygen atoms in total. The number of rotatable bonds is 5. The lowest BCUT2D eigenvalue weighted by Crippen LogP contribution is -2.16. The third kappa shape index (κ3) is 4.30. The van der Waals surface area contributed by atoms with E-state index in [1.54, 1.807) is 0 Å². The Labute approximate surface area is 162 Å². The van der Waals surface area contributed by atoms with Crippen LogP contribution in [0.25, 0.3) is 10.6 Å². The smallest absolute Gasteiger partial charge is 0.267 e. The van der Waals surface area contributed by atoms with Crippen LogP contribution in [0, 0.1) is 6.92 Å². The molecule has 1 aromatic heterocycles. The zero-order chi connectivity index (χ0) is 18.7. The maximum Gasteiger partial charge on any atom is 0.267 e. The van der Waals surface area contributed by atoms with Gasteiger partial charge < -0.3 is 10.2 Å². The van der Waals surface area contributed by atoms with Gasteiger partial charge in [-0.15, -0.1) is 11.3 Å². The van der Waals surface area contributed by atoms with Crippen molar-refractivity contribution in [2.45, 2.75) is 13.5 Å². The maximum absolute atomic E-state index is 12.8. The molecule has 1 heterocycles. The first-order valence-corrected chi connectivity index (χ1v) is 9.41. The first kappa shape index (κ1) is 18.6. The summed E-state index contributed by atoms with van der Waals surface area (Å²) < 4.78 is 0. The van der Waals surface area contributed by atoms with Crippen LogP contribution in [-0.2, 0) is 6.54 Å². The number of carbonyl (C=O) groups excluding carboxylic acids is 1. The van der Waals surface area contributed by atoms with Crippen LogP contribution in [0.2, 0.25) is 5.02 Å². The molecule has 0 fully saturated rings. The fraction of sp³-hybridized carbons (Fsp3) is 0.200. The second kappa shape index (κ2) is 7.99. The minimum atomic E-state index is -0.133. The van der Waals surface area contributed by atoms with E-state index in [4.69, 9.17) is 11.6 Å². The van der Waals surface area contributed by atoms with Crippen LogP contribution in [0.1, 0.15) is 20.9 Å². The van der Waals surface area contributed by atoms with Gasteiger partial charge in [0.05, 0.1) is 5.69 Å². The summed E-state index contributed by atoms with van der Waals surface area (Å²) in [5, 5.41) is 4.52. The average molecular weight is 386 g/mol. The minimum absolute atomic E-state index is 0.133. The largest absolute Gasteiger partial charge is 0.321 e. The zero-order valence-corrected chi connectivity index (χ0v) is 16.5. The number of nitrogens with one attached hydrogen (secondary N) is 1. The van der Waals surface area contributed by atoms with E-state index >= 15 is 0 Å². The number of aryl methyl sites for hydroxylation is 1. The van der Waals surface area contributed by atoms with E-state index in [2.05, 4.69) is 15.2 Å². The van der Waals surface area contributed by atoms with Crippen LogP contribution in [0.3, 0.4) is 0 Å². The highest BCUT2D eigenvalue weighted by Crippen LogP contribution is 2.29. The molecule has 134 valence electrons. The zero-order valence-electron chi connectivity index (χ0n) is 14.9. The summed E-state index contributed by atoms with van der Waals surface area (Å²) in [6.07, 6.45) is 0. The van der Waals surface area contributed by atoms with E-state index < -0.39 is 0 Å². The monoisotopic (exact) mass is 385 g/mol. The molecule has 3 aromatic rings. The van der Waals surface area contributed by atoms with Crippen molar-refractivity contribution >= 4 is 34.5 Å². The van der Waals surface area contributed by atoms with Crippen LogP contribution in [-0.4, -0.2) is 29.9 Å². The SMILES string of the molecule is Cc1nc(-c2ccc(Cl)cc2)sc1C(=O)Nc1ccccc1CN(C)C. The highest BCUT2D eigenvalue weighted by atomic mass is 35.5. The molecule has 0 aliphatic rings. The molecule has 3 rings (SSSR count). The number of nitrogens with zero attached hydrogens (tertiary/aromatic N) is 2. The highest BCUT2D eigenvalue weighted by Gasteiger charge is 2.17. The Kier molecular flexibility index (Phi) is 5.71. The molecule has 1 amide bonds. The van der Waals surface area contributed by atoms with E-state index in [1.807, 2.05) is 69.6 Å². The number of hydrogen-bond acceptors (Lipinski definition) is 4. The highest BCUT2D eigenvalue weighted by molar-refractivity contribution is 7.17. The summed E-state index contributed by atoms with van der Waals surface area (Å²) in [5.41, 5.74) is 3.58. The Balaban J connectivity index is 1.84. The van der Waals surface area contributed by atoms with Crippen LogP contribution in [0.5, 0.6) is 0 Å². The Morgan fingerprint density at radius 3 is 2.54 bits per heavy atom. The first-order chi connectivity index (χ1) is 12.4. The maximum atomic E-state index is 12.8. The molecule has 0 radical (unpaired) electrons. The molecule has 0 spiro atoms. The molecule has 0 saturated heterocycles. The molecule has 26 heavy (non-hydrogen) atoms. The number of benzene rings is 2. The van der Waals surface area contributed by atoms with Gasteiger partial charge in [0.2, 0.25) is 0 Å². The Hall–Kier alpha value is -2.21. The minimum Gasteiger partial charge on any atom is -0.321 e. The van der Waals surface area contributed by atoms with Gasteiger partial charge in [0.1, 0.15) is 9.88 Å². The van der Waals surface area contributed by atoms with Gasteiger partial charge in [0, 0.05) is 22.8 Å². The van der Waals surface area contributed by atoms with Gasteiger partial charge in [-0.05, 0) is 44.8 Å². The average Bonchev–Trinajstić information content (AvgIpc) is 2.99. The Morgan fingerprint density at radius 1 is 1.15 bits per heavy atom. The summed E-state index contributed by atoms with van der Waals surface area (Å²) in [6, 6.07) is 15.3. The standard InChI is InChI=1S/C20H20ClN3OS/c1-13-18(26-20(22-13)14-8-10-16(21)11-9-14)19(25)23-17-7-5-4-6-15(17)12-24(2)3/h4-11H,12H2,1-3H3,(H,23,25). The third-order valence-corrected chi connectivity index (χ3v) is 5.30. The molecular formula is C20H20ClN3OS. The molecule has 2 aromatic carbocycles. The quantitative estimate of drug-likeness (QED) is 0.665. The van der Waals surface area contributed by atoms with Gasteiger partial charge in [0.15, 0.2) is 0 Å². The normalized spacial score (nSPS) is 11.0. The lowest BCUT2D eigenvalue weighted by molar-refractivity contribution is 0.102. The van der Waals surface area contributed by atoms with Crippen molar-refractivity contribution in [3.05, 3.63) is 69.7 Å². The van der Waals surface area contributed by atoms with E-state index in [9.17, 15) is 4.79 Å². The van der Waals surface area contributed by atoms with Crippen LogP contribution in [0.15, 0.2) is 48.5 Å². The molecule has 0 unspecified atom stereocenters. The van der Waals surface area contributed by atoms with E-state index in [0.29, 0.717) is 9.90 Å². The van der Waals surface area contributed by atoms with Gasteiger partial charge in [-0.2, -0.15) is 0 Å². The number of aromatic nitrogens is 1. The summed E-state index contributed by atoms with van der Waals surface area (Å²) in [6.45, 7) is 2.62. The molecule has 0 atom stereocenters. The predicted molar refractivity (Wildman–Crippen MR) is 109 cm³/mol. The van der Waals surface area contributed by atoms with Gasteiger partial charge in [0.25, 0.3) is 5.91 Å². The molecule has 1 N–H and O–H groups in total. The summed E-state index contributed by atoms with van der Waals surface area (Å²) in [4.78, 5) is 20.0. The number of para-hydroxylation sites is 1. The molecule has 0 saturated carbocycles. The third-order valence-electron chi connectivity index (χ3n) is 3.85. The first-order valence-electron chi connectivity index (χ1n) is 8.21. The fourth-order valence-corrected chi connectivity index (χ4v) is 3.72. The topological polar surface area (TPSA) is 45.2 Å². The number of amides is 1. The Morgan fingerprint density at radius 2 is 1.85 bits per heavy atom. The Bertz CT molecular complexity index is 919. The van der Waals surface area contributed by atoms with Crippen LogP contribution in [0.4, 0.5) is 5.69 Å². The number of halogens is 1. The van der Waals surface area contributed by atoms with Crippen molar-refractivity contribution in [2.75, 3.05) is 19.4 Å². The van der Waals surface area contributed by atoms with E-state index in [-0.39, 0.29) is 5.91 Å². The second-order valence-corrected chi connectivity index (χ2v) is 7.73. The summed E-state index contributed by atoms with van der Waals surface area (Å²) >= 11 is 7.33. The van der Waals surface area contributed by atoms with Gasteiger partial charge in [-0.1, -0.05) is 41.9 Å². The van der Waals surface area contributed by atoms with Crippen molar-refractivity contribution < 1.29 is 4.79 Å². The van der Waals surface area contributed by atoms with Crippen molar-refractivity contribution in [2.24, 2.45) is 0 Å². The number of thiazole rings is 1. The molecule has 0 bridgehead atoms. The predicted octanol–water partition coefficient (Wildman–Crippen LogP) is 5.09. The van der Waals surface area contributed by atoms with Crippen molar-refractivity contribution in [3.63, 3.8) is 0 Å². The molecule has 6 heteroatoms. The lowest BCUT2D eigenvalue weighted by atomic mass is 10.1. The second-order valence-electron chi connectivity index (χ2n) is 6.29. The number of hydrogen-bond donors (Lipinski definition) is 1. The summed E-state index contributed by atoms with van der Waals surface area (Å²) in [5.74, 6) is -0.133. The van der Waals surface area contributed by atoms with Crippen LogP contribution < -0.4 is 5.32 Å². The van der Waals surface area contributed by atoms with Crippen molar-refractivity contribution in [3.8, 4) is 10.6 Å². The number of anilines is 1. The number of carbonyl (C=O) groups is 1. The molecular weight excluding hydrogens is 366 g/mol. The lowest BCUT2D eigenvalue weighted by Gasteiger charge is -2.14. The van der Waals surface area contributed by atoms with Gasteiger partial charge in [-0.3, -0.25) is 4.79 Å². The van der Waals surface area contributed by atoms with Crippen LogP contribution >= 0.6 is 22.9 Å². The van der Waals surface area contributed by atoms with Gasteiger partial charge in [-0.25, -0.2) is 4.98 Å². The molecule has 0 aliphatic heterocycles. The van der Waals surface area contributed by atoms with Gasteiger partial charge >= 0.3 is 0 Å². The fourth-order valence-electron chi connectivity index (χ4n) is 2.62. The van der Waals surface area contributed by atoms with E-state index in [1.165, 1.54) is 11.3 Å². The van der Waals surface area contributed by atoms with E-state index in [0.717, 1.165) is 34.1 Å².